The highest BCUT2D eigenvalue weighted by molar-refractivity contribution is 4.55. The van der Waals surface area contributed by atoms with Gasteiger partial charge in [-0.15, -0.1) is 13.2 Å². The van der Waals surface area contributed by atoms with Crippen LogP contribution in [0.5, 0.6) is 0 Å². The van der Waals surface area contributed by atoms with Gasteiger partial charge in [0.2, 0.25) is 0 Å². The number of ether oxygens (including phenoxy) is 1. The quantitative estimate of drug-likeness (QED) is 0.620. The van der Waals surface area contributed by atoms with Gasteiger partial charge >= 0.3 is 6.36 Å². The lowest BCUT2D eigenvalue weighted by Gasteiger charge is -2.20. The molecule has 2 N–H and O–H groups in total. The fourth-order valence-electron chi connectivity index (χ4n) is 0.909. The van der Waals surface area contributed by atoms with Gasteiger partial charge in [0.1, 0.15) is 0 Å². The monoisotopic (exact) mass is 217 g/mol. The number of rotatable bonds is 7. The van der Waals surface area contributed by atoms with Crippen LogP contribution in [0.4, 0.5) is 13.2 Å². The normalized spacial score (nSPS) is 12.4. The second kappa shape index (κ2) is 6.99. The first-order chi connectivity index (χ1) is 6.49. The Bertz CT molecular complexity index is 137. The number of aliphatic hydroxyl groups is 2. The van der Waals surface area contributed by atoms with Gasteiger partial charge in [-0.25, -0.2) is 0 Å². The minimum Gasteiger partial charge on any atom is -0.395 e. The van der Waals surface area contributed by atoms with Gasteiger partial charge in [-0.3, -0.25) is 9.64 Å². The molecule has 0 saturated carbocycles. The van der Waals surface area contributed by atoms with E-state index in [2.05, 4.69) is 4.74 Å². The third-order valence-corrected chi connectivity index (χ3v) is 1.51. The van der Waals surface area contributed by atoms with E-state index in [0.717, 1.165) is 0 Å². The highest BCUT2D eigenvalue weighted by atomic mass is 19.4. The van der Waals surface area contributed by atoms with Crippen LogP contribution >= 0.6 is 0 Å². The van der Waals surface area contributed by atoms with Gasteiger partial charge in [0.25, 0.3) is 0 Å². The second-order valence-corrected chi connectivity index (χ2v) is 2.58. The Morgan fingerprint density at radius 1 is 1.00 bits per heavy atom. The van der Waals surface area contributed by atoms with Crippen molar-refractivity contribution in [2.24, 2.45) is 0 Å². The van der Waals surface area contributed by atoms with E-state index in [1.165, 1.54) is 4.90 Å². The van der Waals surface area contributed by atoms with Crippen molar-refractivity contribution in [1.82, 2.24) is 4.90 Å². The molecule has 0 aromatic carbocycles. The molecule has 0 unspecified atom stereocenters. The lowest BCUT2D eigenvalue weighted by molar-refractivity contribution is -0.325. The zero-order valence-corrected chi connectivity index (χ0v) is 7.63. The molecule has 0 aliphatic rings. The van der Waals surface area contributed by atoms with Crippen LogP contribution in [0.25, 0.3) is 0 Å². The SMILES string of the molecule is OCCN(CCO)CCOC(F)(F)F. The van der Waals surface area contributed by atoms with Crippen molar-refractivity contribution in [2.45, 2.75) is 6.36 Å². The maximum atomic E-state index is 11.5. The summed E-state index contributed by atoms with van der Waals surface area (Å²) < 4.78 is 38.2. The third-order valence-electron chi connectivity index (χ3n) is 1.51. The molecular weight excluding hydrogens is 203 g/mol. The molecule has 0 atom stereocenters. The molecular formula is C7H14F3NO3. The molecule has 0 bridgehead atoms. The highest BCUT2D eigenvalue weighted by Gasteiger charge is 2.28. The molecule has 4 nitrogen and oxygen atoms in total. The van der Waals surface area contributed by atoms with Gasteiger partial charge in [0.05, 0.1) is 19.8 Å². The Labute approximate surface area is 79.9 Å². The molecule has 0 spiro atoms. The zero-order valence-electron chi connectivity index (χ0n) is 7.63. The summed E-state index contributed by atoms with van der Waals surface area (Å²) in [4.78, 5) is 1.48. The number of nitrogens with zero attached hydrogens (tertiary/aromatic N) is 1. The first-order valence-corrected chi connectivity index (χ1v) is 4.14. The second-order valence-electron chi connectivity index (χ2n) is 2.58. The lowest BCUT2D eigenvalue weighted by atomic mass is 10.4. The average molecular weight is 217 g/mol. The fourth-order valence-corrected chi connectivity index (χ4v) is 0.909. The molecule has 7 heteroatoms. The largest absolute Gasteiger partial charge is 0.522 e. The molecule has 14 heavy (non-hydrogen) atoms. The van der Waals surface area contributed by atoms with Crippen molar-refractivity contribution in [2.75, 3.05) is 39.5 Å². The summed E-state index contributed by atoms with van der Waals surface area (Å²) in [5.41, 5.74) is 0. The van der Waals surface area contributed by atoms with Crippen molar-refractivity contribution in [1.29, 1.82) is 0 Å². The van der Waals surface area contributed by atoms with Gasteiger partial charge in [-0.2, -0.15) is 0 Å². The molecule has 0 aliphatic heterocycles. The van der Waals surface area contributed by atoms with Gasteiger partial charge in [0, 0.05) is 19.6 Å². The fraction of sp³-hybridized carbons (Fsp3) is 1.00. The first kappa shape index (κ1) is 13.6. The van der Waals surface area contributed by atoms with E-state index in [1.807, 2.05) is 0 Å². The van der Waals surface area contributed by atoms with Crippen LogP contribution in [0.3, 0.4) is 0 Å². The van der Waals surface area contributed by atoms with E-state index >= 15 is 0 Å². The number of hydrogen-bond donors (Lipinski definition) is 2. The maximum Gasteiger partial charge on any atom is 0.522 e. The lowest BCUT2D eigenvalue weighted by Crippen LogP contribution is -2.34. The van der Waals surface area contributed by atoms with E-state index < -0.39 is 13.0 Å². The Morgan fingerprint density at radius 3 is 1.86 bits per heavy atom. The van der Waals surface area contributed by atoms with Crippen molar-refractivity contribution in [3.63, 3.8) is 0 Å². The Balaban J connectivity index is 3.60. The predicted molar refractivity (Wildman–Crippen MR) is 42.6 cm³/mol. The Kier molecular flexibility index (Phi) is 6.81. The smallest absolute Gasteiger partial charge is 0.395 e. The summed E-state index contributed by atoms with van der Waals surface area (Å²) >= 11 is 0. The molecule has 0 heterocycles. The number of aliphatic hydroxyl groups excluding tert-OH is 2. The van der Waals surface area contributed by atoms with Crippen LogP contribution in [-0.2, 0) is 4.74 Å². The van der Waals surface area contributed by atoms with Gasteiger partial charge in [-0.05, 0) is 0 Å². The highest BCUT2D eigenvalue weighted by Crippen LogP contribution is 2.15. The summed E-state index contributed by atoms with van der Waals surface area (Å²) in [5.74, 6) is 0. The molecule has 0 rings (SSSR count). The van der Waals surface area contributed by atoms with Crippen molar-refractivity contribution < 1.29 is 28.1 Å². The zero-order chi connectivity index (χ0) is 11.0. The maximum absolute atomic E-state index is 11.5. The molecule has 0 amide bonds. The van der Waals surface area contributed by atoms with E-state index in [1.54, 1.807) is 0 Å². The Hall–Kier alpha value is -0.370. The van der Waals surface area contributed by atoms with Crippen LogP contribution in [-0.4, -0.2) is 60.9 Å². The van der Waals surface area contributed by atoms with Crippen molar-refractivity contribution in [3.8, 4) is 0 Å². The molecule has 0 radical (unpaired) electrons. The average Bonchev–Trinajstić information content (AvgIpc) is 2.02. The third kappa shape index (κ3) is 8.24. The summed E-state index contributed by atoms with van der Waals surface area (Å²) in [7, 11) is 0. The van der Waals surface area contributed by atoms with Crippen LogP contribution < -0.4 is 0 Å². The first-order valence-electron chi connectivity index (χ1n) is 4.14. The summed E-state index contributed by atoms with van der Waals surface area (Å²) in [5, 5.41) is 17.1. The van der Waals surface area contributed by atoms with Gasteiger partial charge < -0.3 is 10.2 Å². The van der Waals surface area contributed by atoms with Crippen LogP contribution in [0.1, 0.15) is 0 Å². The van der Waals surface area contributed by atoms with Crippen LogP contribution in [0.15, 0.2) is 0 Å². The summed E-state index contributed by atoms with van der Waals surface area (Å²) in [6, 6.07) is 0. The molecule has 0 fully saturated rings. The Morgan fingerprint density at radius 2 is 1.50 bits per heavy atom. The molecule has 0 saturated heterocycles. The van der Waals surface area contributed by atoms with Crippen molar-refractivity contribution in [3.05, 3.63) is 0 Å². The number of halogens is 3. The van der Waals surface area contributed by atoms with E-state index in [-0.39, 0.29) is 32.8 Å². The van der Waals surface area contributed by atoms with Gasteiger partial charge in [-0.1, -0.05) is 0 Å². The molecule has 0 aliphatic carbocycles. The van der Waals surface area contributed by atoms with Crippen molar-refractivity contribution >= 4 is 0 Å². The summed E-state index contributed by atoms with van der Waals surface area (Å²) in [6.45, 7) is -0.342. The van der Waals surface area contributed by atoms with Gasteiger partial charge in [0.15, 0.2) is 0 Å². The van der Waals surface area contributed by atoms with E-state index in [9.17, 15) is 13.2 Å². The standard InChI is InChI=1S/C7H14F3NO3/c8-7(9,10)14-6-3-11(1-4-12)2-5-13/h12-13H,1-6H2. The minimum absolute atomic E-state index is 0.0284. The van der Waals surface area contributed by atoms with Crippen LogP contribution in [0.2, 0.25) is 0 Å². The minimum atomic E-state index is -4.62. The summed E-state index contributed by atoms with van der Waals surface area (Å²) in [6.07, 6.45) is -4.62. The topological polar surface area (TPSA) is 52.9 Å². The predicted octanol–water partition coefficient (Wildman–Crippen LogP) is -0.191. The molecule has 0 aromatic heterocycles. The van der Waals surface area contributed by atoms with Crippen LogP contribution in [0, 0.1) is 0 Å². The number of alkyl halides is 3. The van der Waals surface area contributed by atoms with E-state index in [4.69, 9.17) is 10.2 Å². The molecule has 86 valence electrons. The van der Waals surface area contributed by atoms with E-state index in [0.29, 0.717) is 0 Å². The molecule has 0 aromatic rings. The number of hydrogen-bond acceptors (Lipinski definition) is 4.